The van der Waals surface area contributed by atoms with Crippen molar-refractivity contribution in [2.45, 2.75) is 45.6 Å². The molecule has 2 rings (SSSR count). The molecule has 0 aliphatic rings. The monoisotopic (exact) mass is 360 g/mol. The maximum absolute atomic E-state index is 13.0. The number of aromatic nitrogens is 2. The van der Waals surface area contributed by atoms with Gasteiger partial charge in [-0.25, -0.2) is 4.39 Å². The van der Waals surface area contributed by atoms with Crippen LogP contribution in [0.25, 0.3) is 11.3 Å². The van der Waals surface area contributed by atoms with E-state index in [0.717, 1.165) is 49.2 Å². The van der Waals surface area contributed by atoms with E-state index >= 15 is 0 Å². The summed E-state index contributed by atoms with van der Waals surface area (Å²) in [7, 11) is 1.81. The van der Waals surface area contributed by atoms with Gasteiger partial charge >= 0.3 is 0 Å². The number of hydrogen-bond donors (Lipinski definition) is 2. The third-order valence-corrected chi connectivity index (χ3v) is 4.59. The summed E-state index contributed by atoms with van der Waals surface area (Å²) in [6.07, 6.45) is 3.89. The summed E-state index contributed by atoms with van der Waals surface area (Å²) in [5, 5.41) is 7.33. The van der Waals surface area contributed by atoms with Crippen LogP contribution in [0.5, 0.6) is 0 Å². The van der Waals surface area contributed by atoms with Crippen LogP contribution in [-0.4, -0.2) is 40.6 Å². The Morgan fingerprint density at radius 2 is 1.92 bits per heavy atom. The molecule has 0 aliphatic carbocycles. The van der Waals surface area contributed by atoms with Crippen molar-refractivity contribution in [3.05, 3.63) is 41.8 Å². The van der Waals surface area contributed by atoms with Gasteiger partial charge in [0.25, 0.3) is 0 Å². The molecule has 0 fully saturated rings. The number of aryl methyl sites for hydroxylation is 1. The molecule has 0 bridgehead atoms. The van der Waals surface area contributed by atoms with E-state index in [9.17, 15) is 9.18 Å². The summed E-state index contributed by atoms with van der Waals surface area (Å²) >= 11 is 0. The zero-order chi connectivity index (χ0) is 19.1. The molecule has 0 saturated heterocycles. The Bertz CT molecular complexity index is 696. The smallest absolute Gasteiger partial charge is 0.239 e. The van der Waals surface area contributed by atoms with Crippen molar-refractivity contribution in [3.8, 4) is 11.3 Å². The van der Waals surface area contributed by atoms with Crippen molar-refractivity contribution >= 4 is 5.91 Å². The first-order valence-electron chi connectivity index (χ1n) is 9.19. The third-order valence-electron chi connectivity index (χ3n) is 4.59. The third kappa shape index (κ3) is 5.66. The lowest BCUT2D eigenvalue weighted by molar-refractivity contribution is -0.132. The number of likely N-dealkylation sites (N-methyl/N-ethyl adjacent to an activating group) is 1. The largest absolute Gasteiger partial charge is 0.344 e. The van der Waals surface area contributed by atoms with Crippen LogP contribution in [0.3, 0.4) is 0 Å². The second kappa shape index (κ2) is 9.48. The highest BCUT2D eigenvalue weighted by Gasteiger charge is 2.20. The average molecular weight is 360 g/mol. The van der Waals surface area contributed by atoms with Gasteiger partial charge in [-0.15, -0.1) is 0 Å². The van der Waals surface area contributed by atoms with E-state index in [1.165, 1.54) is 12.1 Å². The molecule has 1 heterocycles. The van der Waals surface area contributed by atoms with E-state index in [2.05, 4.69) is 10.2 Å². The molecule has 0 spiro atoms. The Labute approximate surface area is 154 Å². The Balaban J connectivity index is 1.70. The van der Waals surface area contributed by atoms with E-state index in [1.54, 1.807) is 17.0 Å². The van der Waals surface area contributed by atoms with Crippen molar-refractivity contribution in [3.63, 3.8) is 0 Å². The number of halogens is 1. The molecule has 26 heavy (non-hydrogen) atoms. The fourth-order valence-electron chi connectivity index (χ4n) is 2.75. The number of nitrogens with zero attached hydrogens (tertiary/aromatic N) is 2. The number of amides is 1. The summed E-state index contributed by atoms with van der Waals surface area (Å²) in [5.41, 5.74) is 8.69. The molecule has 0 unspecified atom stereocenters. The highest BCUT2D eigenvalue weighted by molar-refractivity contribution is 5.81. The number of nitrogens with one attached hydrogen (secondary N) is 1. The highest BCUT2D eigenvalue weighted by atomic mass is 19.1. The van der Waals surface area contributed by atoms with E-state index in [1.807, 2.05) is 27.0 Å². The normalized spacial score (nSPS) is 12.4. The van der Waals surface area contributed by atoms with Gasteiger partial charge in [0, 0.05) is 24.8 Å². The number of carbonyl (C=O) groups is 1. The number of H-pyrrole nitrogens is 1. The average Bonchev–Trinajstić information content (AvgIpc) is 3.09. The topological polar surface area (TPSA) is 75.0 Å². The Hall–Kier alpha value is -2.21. The first-order valence-corrected chi connectivity index (χ1v) is 9.19. The van der Waals surface area contributed by atoms with Gasteiger partial charge in [0.05, 0.1) is 11.7 Å². The second-order valence-corrected chi connectivity index (χ2v) is 7.13. The number of aromatic amines is 1. The van der Waals surface area contributed by atoms with Crippen molar-refractivity contribution in [1.29, 1.82) is 0 Å². The van der Waals surface area contributed by atoms with Gasteiger partial charge in [-0.3, -0.25) is 9.89 Å². The quantitative estimate of drug-likeness (QED) is 0.673. The molecule has 1 atom stereocenters. The number of benzene rings is 1. The highest BCUT2D eigenvalue weighted by Crippen LogP contribution is 2.19. The van der Waals surface area contributed by atoms with Gasteiger partial charge in [-0.05, 0) is 55.5 Å². The zero-order valence-corrected chi connectivity index (χ0v) is 15.8. The summed E-state index contributed by atoms with van der Waals surface area (Å²) in [4.78, 5) is 13.8. The first-order chi connectivity index (χ1) is 12.4. The van der Waals surface area contributed by atoms with Crippen molar-refractivity contribution < 1.29 is 9.18 Å². The minimum absolute atomic E-state index is 0.0116. The minimum atomic E-state index is -0.421. The summed E-state index contributed by atoms with van der Waals surface area (Å²) < 4.78 is 13.0. The molecule has 0 saturated carbocycles. The molecule has 1 aromatic heterocycles. The molecule has 5 nitrogen and oxygen atoms in total. The van der Waals surface area contributed by atoms with Gasteiger partial charge in [-0.2, -0.15) is 5.10 Å². The van der Waals surface area contributed by atoms with Crippen LogP contribution in [0.2, 0.25) is 0 Å². The Morgan fingerprint density at radius 3 is 2.58 bits per heavy atom. The summed E-state index contributed by atoms with van der Waals surface area (Å²) in [5.74, 6) is -0.0829. The molecule has 142 valence electrons. The first kappa shape index (κ1) is 20.1. The van der Waals surface area contributed by atoms with Gasteiger partial charge in [0.2, 0.25) is 5.91 Å². The molecule has 0 radical (unpaired) electrons. The van der Waals surface area contributed by atoms with Crippen LogP contribution in [0, 0.1) is 11.7 Å². The fourth-order valence-corrected chi connectivity index (χ4v) is 2.75. The van der Waals surface area contributed by atoms with Gasteiger partial charge in [0.15, 0.2) is 0 Å². The van der Waals surface area contributed by atoms with Crippen LogP contribution in [0.15, 0.2) is 30.3 Å². The molecule has 2 aromatic rings. The van der Waals surface area contributed by atoms with E-state index in [4.69, 9.17) is 5.73 Å². The van der Waals surface area contributed by atoms with Crippen LogP contribution in [0.1, 0.15) is 38.8 Å². The maximum Gasteiger partial charge on any atom is 0.239 e. The molecular weight excluding hydrogens is 331 g/mol. The molecule has 0 aliphatic heterocycles. The number of unbranched alkanes of at least 4 members (excludes halogenated alkanes) is 2. The molecule has 6 heteroatoms. The van der Waals surface area contributed by atoms with Crippen molar-refractivity contribution in [2.24, 2.45) is 11.7 Å². The molecule has 3 N–H and O–H groups in total. The standard InChI is InChI=1S/C20H29FN4O/c1-14(2)19(22)20(26)25(3)12-6-4-5-7-17-13-18(24-23-17)15-8-10-16(21)11-9-15/h8-11,13-14,19H,4-7,12,22H2,1-3H3,(H,23,24)/t19-/m0/s1. The lowest BCUT2D eigenvalue weighted by Crippen LogP contribution is -2.45. The SMILES string of the molecule is CC(C)[C@H](N)C(=O)N(C)CCCCCc1cc(-c2ccc(F)cc2)n[nH]1. The van der Waals surface area contributed by atoms with Crippen molar-refractivity contribution in [2.75, 3.05) is 13.6 Å². The van der Waals surface area contributed by atoms with Gasteiger partial charge in [-0.1, -0.05) is 20.3 Å². The van der Waals surface area contributed by atoms with Gasteiger partial charge < -0.3 is 10.6 Å². The van der Waals surface area contributed by atoms with E-state index < -0.39 is 6.04 Å². The van der Waals surface area contributed by atoms with Crippen LogP contribution in [-0.2, 0) is 11.2 Å². The Morgan fingerprint density at radius 1 is 1.23 bits per heavy atom. The Kier molecular flexibility index (Phi) is 7.33. The number of carbonyl (C=O) groups excluding carboxylic acids is 1. The predicted octanol–water partition coefficient (Wildman–Crippen LogP) is 3.37. The number of nitrogens with two attached hydrogens (primary N) is 1. The number of rotatable bonds is 9. The van der Waals surface area contributed by atoms with Crippen molar-refractivity contribution in [1.82, 2.24) is 15.1 Å². The van der Waals surface area contributed by atoms with Crippen LogP contribution < -0.4 is 5.73 Å². The summed E-state index contributed by atoms with van der Waals surface area (Å²) in [6.45, 7) is 4.64. The van der Waals surface area contributed by atoms with E-state index in [-0.39, 0.29) is 17.6 Å². The minimum Gasteiger partial charge on any atom is -0.344 e. The fraction of sp³-hybridized carbons (Fsp3) is 0.500. The molecule has 1 aromatic carbocycles. The van der Waals surface area contributed by atoms with Crippen LogP contribution in [0.4, 0.5) is 4.39 Å². The molecular formula is C20H29FN4O. The lowest BCUT2D eigenvalue weighted by atomic mass is 10.0. The lowest BCUT2D eigenvalue weighted by Gasteiger charge is -2.23. The zero-order valence-electron chi connectivity index (χ0n) is 15.8. The van der Waals surface area contributed by atoms with Crippen LogP contribution >= 0.6 is 0 Å². The van der Waals surface area contributed by atoms with E-state index in [0.29, 0.717) is 0 Å². The predicted molar refractivity (Wildman–Crippen MR) is 102 cm³/mol. The number of hydrogen-bond acceptors (Lipinski definition) is 3. The maximum atomic E-state index is 13.0. The molecule has 1 amide bonds. The summed E-state index contributed by atoms with van der Waals surface area (Å²) in [6, 6.07) is 7.91. The second-order valence-electron chi connectivity index (χ2n) is 7.13. The van der Waals surface area contributed by atoms with Gasteiger partial charge in [0.1, 0.15) is 5.82 Å².